The summed E-state index contributed by atoms with van der Waals surface area (Å²) in [5, 5.41) is 4.10. The van der Waals surface area contributed by atoms with E-state index in [1.807, 2.05) is 24.3 Å². The third kappa shape index (κ3) is 3.94. The van der Waals surface area contributed by atoms with E-state index in [2.05, 4.69) is 37.4 Å². The summed E-state index contributed by atoms with van der Waals surface area (Å²) in [6, 6.07) is 13.4. The number of pyridine rings is 2. The first-order chi connectivity index (χ1) is 13.7. The number of rotatable bonds is 6. The first-order valence-corrected chi connectivity index (χ1v) is 8.96. The summed E-state index contributed by atoms with van der Waals surface area (Å²) >= 11 is 0. The maximum Gasteiger partial charge on any atom is 0.165 e. The lowest BCUT2D eigenvalue weighted by Crippen LogP contribution is -2.31. The molecule has 0 spiro atoms. The Bertz CT molecular complexity index is 1090. The molecule has 140 valence electrons. The fourth-order valence-corrected chi connectivity index (χ4v) is 3.01. The molecule has 0 unspecified atom stereocenters. The van der Waals surface area contributed by atoms with Gasteiger partial charge in [-0.25, -0.2) is 14.4 Å². The van der Waals surface area contributed by atoms with Crippen LogP contribution in [0, 0.1) is 5.82 Å². The summed E-state index contributed by atoms with van der Waals surface area (Å²) in [7, 11) is 0. The third-order valence-electron chi connectivity index (χ3n) is 4.38. The topological polar surface area (TPSA) is 89.6 Å². The summed E-state index contributed by atoms with van der Waals surface area (Å²) in [4.78, 5) is 16.9. The van der Waals surface area contributed by atoms with Crippen molar-refractivity contribution in [2.24, 2.45) is 5.73 Å². The number of fused-ring (bicyclic) bond motifs is 1. The zero-order valence-corrected chi connectivity index (χ0v) is 15.1. The molecule has 1 atom stereocenters. The van der Waals surface area contributed by atoms with Crippen molar-refractivity contribution in [2.75, 3.05) is 11.9 Å². The smallest absolute Gasteiger partial charge is 0.165 e. The number of benzene rings is 1. The van der Waals surface area contributed by atoms with E-state index in [9.17, 15) is 4.39 Å². The molecule has 0 saturated carbocycles. The van der Waals surface area contributed by atoms with Crippen molar-refractivity contribution in [2.45, 2.75) is 12.5 Å². The van der Waals surface area contributed by atoms with Crippen molar-refractivity contribution in [3.05, 3.63) is 78.6 Å². The molecule has 3 aromatic heterocycles. The van der Waals surface area contributed by atoms with E-state index in [0.717, 1.165) is 18.0 Å². The number of nitrogens with one attached hydrogen (secondary N) is 1. The van der Waals surface area contributed by atoms with E-state index >= 15 is 0 Å². The normalized spacial score (nSPS) is 12.1. The van der Waals surface area contributed by atoms with Crippen LogP contribution in [0.1, 0.15) is 5.56 Å². The van der Waals surface area contributed by atoms with Gasteiger partial charge in [-0.05, 0) is 24.1 Å². The average molecular weight is 374 g/mol. The minimum atomic E-state index is -0.475. The number of hydrogen-bond acceptors (Lipinski definition) is 6. The molecule has 1 aromatic carbocycles. The molecule has 7 heteroatoms. The number of nitrogens with two attached hydrogens (primary N) is 1. The van der Waals surface area contributed by atoms with Crippen molar-refractivity contribution in [3.8, 4) is 11.4 Å². The Labute approximate surface area is 161 Å². The highest BCUT2D eigenvalue weighted by Crippen LogP contribution is 2.25. The van der Waals surface area contributed by atoms with E-state index < -0.39 is 5.82 Å². The van der Waals surface area contributed by atoms with Gasteiger partial charge in [-0.3, -0.25) is 9.97 Å². The van der Waals surface area contributed by atoms with Crippen molar-refractivity contribution in [1.82, 2.24) is 19.9 Å². The van der Waals surface area contributed by atoms with Crippen LogP contribution in [0.25, 0.3) is 22.3 Å². The van der Waals surface area contributed by atoms with Gasteiger partial charge >= 0.3 is 0 Å². The summed E-state index contributed by atoms with van der Waals surface area (Å²) in [5.41, 5.74) is 8.38. The standard InChI is InChI=1S/C21H19FN6/c22-18-12-24-8-6-16(18)21-27-19-13-25-9-7-17(19)20(28-21)26-11-15(23)10-14-4-2-1-3-5-14/h1-9,12-13,15H,10-11,23H2,(H,26,27,28)/t15-/m1/s1. The molecule has 3 heterocycles. The van der Waals surface area contributed by atoms with Crippen LogP contribution in [-0.2, 0) is 6.42 Å². The summed E-state index contributed by atoms with van der Waals surface area (Å²) in [5.74, 6) is 0.402. The van der Waals surface area contributed by atoms with E-state index in [1.165, 1.54) is 11.8 Å². The maximum atomic E-state index is 14.2. The van der Waals surface area contributed by atoms with Gasteiger partial charge in [0.25, 0.3) is 0 Å². The number of aromatic nitrogens is 4. The van der Waals surface area contributed by atoms with Gasteiger partial charge < -0.3 is 11.1 Å². The molecule has 6 nitrogen and oxygen atoms in total. The van der Waals surface area contributed by atoms with Gasteiger partial charge in [-0.2, -0.15) is 0 Å². The molecule has 0 amide bonds. The first kappa shape index (κ1) is 17.9. The highest BCUT2D eigenvalue weighted by molar-refractivity contribution is 5.89. The minimum Gasteiger partial charge on any atom is -0.368 e. The monoisotopic (exact) mass is 374 g/mol. The van der Waals surface area contributed by atoms with Crippen molar-refractivity contribution in [3.63, 3.8) is 0 Å². The molecule has 3 N–H and O–H groups in total. The van der Waals surface area contributed by atoms with E-state index in [1.54, 1.807) is 18.5 Å². The molecule has 0 aliphatic rings. The predicted octanol–water partition coefficient (Wildman–Crippen LogP) is 3.21. The van der Waals surface area contributed by atoms with Gasteiger partial charge in [0.15, 0.2) is 11.6 Å². The van der Waals surface area contributed by atoms with Gasteiger partial charge in [0.2, 0.25) is 0 Å². The SMILES string of the molecule is N[C@@H](CNc1nc(-c2ccncc2F)nc2cnccc12)Cc1ccccc1. The van der Waals surface area contributed by atoms with Crippen molar-refractivity contribution < 1.29 is 4.39 Å². The second-order valence-electron chi connectivity index (χ2n) is 6.47. The zero-order chi connectivity index (χ0) is 19.3. The summed E-state index contributed by atoms with van der Waals surface area (Å²) in [6.07, 6.45) is 6.71. The Morgan fingerprint density at radius 1 is 0.964 bits per heavy atom. The Kier molecular flexibility index (Phi) is 5.16. The van der Waals surface area contributed by atoms with E-state index in [0.29, 0.717) is 17.9 Å². The predicted molar refractivity (Wildman–Crippen MR) is 107 cm³/mol. The highest BCUT2D eigenvalue weighted by atomic mass is 19.1. The maximum absolute atomic E-state index is 14.2. The van der Waals surface area contributed by atoms with Gasteiger partial charge in [0, 0.05) is 30.4 Å². The Morgan fingerprint density at radius 2 is 1.75 bits per heavy atom. The van der Waals surface area contributed by atoms with Crippen LogP contribution in [0.2, 0.25) is 0 Å². The molecule has 4 aromatic rings. The number of hydrogen-bond donors (Lipinski definition) is 2. The van der Waals surface area contributed by atoms with Gasteiger partial charge in [0.1, 0.15) is 5.82 Å². The fourth-order valence-electron chi connectivity index (χ4n) is 3.01. The lowest BCUT2D eigenvalue weighted by atomic mass is 10.1. The van der Waals surface area contributed by atoms with Gasteiger partial charge in [0.05, 0.1) is 23.5 Å². The van der Waals surface area contributed by atoms with E-state index in [-0.39, 0.29) is 17.4 Å². The Hall–Kier alpha value is -3.45. The minimum absolute atomic E-state index is 0.102. The van der Waals surface area contributed by atoms with Crippen LogP contribution in [0.4, 0.5) is 10.2 Å². The lowest BCUT2D eigenvalue weighted by molar-refractivity contribution is 0.623. The van der Waals surface area contributed by atoms with E-state index in [4.69, 9.17) is 5.73 Å². The molecule has 28 heavy (non-hydrogen) atoms. The van der Waals surface area contributed by atoms with Crippen molar-refractivity contribution >= 4 is 16.7 Å². The second kappa shape index (κ2) is 8.06. The lowest BCUT2D eigenvalue weighted by Gasteiger charge is -2.15. The van der Waals surface area contributed by atoms with Crippen LogP contribution >= 0.6 is 0 Å². The third-order valence-corrected chi connectivity index (χ3v) is 4.38. The average Bonchev–Trinajstić information content (AvgIpc) is 2.73. The molecule has 0 radical (unpaired) electrons. The molecular weight excluding hydrogens is 355 g/mol. The van der Waals surface area contributed by atoms with Crippen LogP contribution in [-0.4, -0.2) is 32.5 Å². The first-order valence-electron chi connectivity index (χ1n) is 8.96. The van der Waals surface area contributed by atoms with Crippen LogP contribution in [0.5, 0.6) is 0 Å². The number of nitrogens with zero attached hydrogens (tertiary/aromatic N) is 4. The largest absolute Gasteiger partial charge is 0.368 e. The molecule has 0 saturated heterocycles. The molecular formula is C21H19FN6. The molecule has 0 aliphatic carbocycles. The fraction of sp³-hybridized carbons (Fsp3) is 0.143. The second-order valence-corrected chi connectivity index (χ2v) is 6.47. The van der Waals surface area contributed by atoms with Crippen molar-refractivity contribution in [1.29, 1.82) is 0 Å². The van der Waals surface area contributed by atoms with Crippen LogP contribution in [0.3, 0.4) is 0 Å². The molecule has 4 rings (SSSR count). The quantitative estimate of drug-likeness (QED) is 0.539. The number of anilines is 1. The highest BCUT2D eigenvalue weighted by Gasteiger charge is 2.13. The molecule has 0 bridgehead atoms. The van der Waals surface area contributed by atoms with Gasteiger partial charge in [-0.15, -0.1) is 0 Å². The molecule has 0 fully saturated rings. The summed E-state index contributed by atoms with van der Waals surface area (Å²) in [6.45, 7) is 0.515. The van der Waals surface area contributed by atoms with Gasteiger partial charge in [-0.1, -0.05) is 30.3 Å². The van der Waals surface area contributed by atoms with Crippen LogP contribution < -0.4 is 11.1 Å². The summed E-state index contributed by atoms with van der Waals surface area (Å²) < 4.78 is 14.2. The zero-order valence-electron chi connectivity index (χ0n) is 15.1. The number of halogens is 1. The Balaban J connectivity index is 1.61. The van der Waals surface area contributed by atoms with Crippen LogP contribution in [0.15, 0.2) is 67.3 Å². The Morgan fingerprint density at radius 3 is 2.57 bits per heavy atom. The molecule has 0 aliphatic heterocycles.